The minimum absolute atomic E-state index is 0.0406. The molecule has 0 aliphatic heterocycles. The normalized spacial score (nSPS) is 11.0. The molecule has 1 aromatic heterocycles. The SMILES string of the molecule is CN(C(=O)Cn1c(=O)n(Cc2ccc(F)cc2)c(=O)c2ccccc21)c1cccc(Cl)c1. The van der Waals surface area contributed by atoms with E-state index in [1.54, 1.807) is 55.6 Å². The first-order chi connectivity index (χ1) is 15.3. The van der Waals surface area contributed by atoms with Gasteiger partial charge in [0, 0.05) is 17.8 Å². The molecule has 32 heavy (non-hydrogen) atoms. The first-order valence-electron chi connectivity index (χ1n) is 9.84. The number of carbonyl (C=O) groups excluding carboxylic acids is 1. The Morgan fingerprint density at radius 2 is 1.69 bits per heavy atom. The molecule has 4 rings (SSSR count). The molecule has 0 aliphatic carbocycles. The maximum Gasteiger partial charge on any atom is 0.332 e. The Morgan fingerprint density at radius 1 is 0.969 bits per heavy atom. The van der Waals surface area contributed by atoms with Gasteiger partial charge < -0.3 is 4.90 Å². The molecule has 4 aromatic rings. The number of carbonyl (C=O) groups is 1. The number of likely N-dealkylation sites (N-methyl/N-ethyl adjacent to an activating group) is 1. The molecule has 0 N–H and O–H groups in total. The van der Waals surface area contributed by atoms with Gasteiger partial charge in [-0.25, -0.2) is 9.18 Å². The van der Waals surface area contributed by atoms with Crippen molar-refractivity contribution in [2.24, 2.45) is 0 Å². The van der Waals surface area contributed by atoms with Crippen LogP contribution in [-0.4, -0.2) is 22.1 Å². The fourth-order valence-corrected chi connectivity index (χ4v) is 3.69. The van der Waals surface area contributed by atoms with Gasteiger partial charge in [-0.3, -0.25) is 18.7 Å². The number of anilines is 1. The standard InChI is InChI=1S/C24H19ClFN3O3/c1-27(19-6-4-5-17(25)13-19)22(30)15-28-21-8-3-2-7-20(21)23(31)29(24(28)32)14-16-9-11-18(26)12-10-16/h2-13H,14-15H2,1H3. The van der Waals surface area contributed by atoms with Gasteiger partial charge in [0.25, 0.3) is 5.56 Å². The lowest BCUT2D eigenvalue weighted by Gasteiger charge is -2.20. The highest BCUT2D eigenvalue weighted by molar-refractivity contribution is 6.30. The molecule has 3 aromatic carbocycles. The number of hydrogen-bond acceptors (Lipinski definition) is 3. The zero-order valence-electron chi connectivity index (χ0n) is 17.2. The van der Waals surface area contributed by atoms with Crippen LogP contribution in [0.2, 0.25) is 5.02 Å². The van der Waals surface area contributed by atoms with E-state index in [2.05, 4.69) is 0 Å². The second kappa shape index (κ2) is 8.80. The highest BCUT2D eigenvalue weighted by Gasteiger charge is 2.18. The number of hydrogen-bond donors (Lipinski definition) is 0. The Labute approximate surface area is 187 Å². The number of benzene rings is 3. The fourth-order valence-electron chi connectivity index (χ4n) is 3.51. The molecule has 6 nitrogen and oxygen atoms in total. The Morgan fingerprint density at radius 3 is 2.41 bits per heavy atom. The first kappa shape index (κ1) is 21.5. The summed E-state index contributed by atoms with van der Waals surface area (Å²) in [6.45, 7) is -0.312. The predicted octanol–water partition coefficient (Wildman–Crippen LogP) is 3.67. The summed E-state index contributed by atoms with van der Waals surface area (Å²) in [7, 11) is 1.59. The van der Waals surface area contributed by atoms with Gasteiger partial charge in [0.05, 0.1) is 17.4 Å². The van der Waals surface area contributed by atoms with Gasteiger partial charge in [-0.2, -0.15) is 0 Å². The zero-order valence-corrected chi connectivity index (χ0v) is 17.9. The molecule has 0 saturated carbocycles. The summed E-state index contributed by atoms with van der Waals surface area (Å²) in [5.74, 6) is -0.766. The molecule has 0 atom stereocenters. The number of amides is 1. The van der Waals surface area contributed by atoms with Crippen molar-refractivity contribution in [2.45, 2.75) is 13.1 Å². The number of fused-ring (bicyclic) bond motifs is 1. The maximum atomic E-state index is 13.3. The Bertz CT molecular complexity index is 1430. The Balaban J connectivity index is 1.78. The van der Waals surface area contributed by atoms with Crippen LogP contribution < -0.4 is 16.1 Å². The van der Waals surface area contributed by atoms with Gasteiger partial charge in [-0.05, 0) is 48.0 Å². The van der Waals surface area contributed by atoms with E-state index >= 15 is 0 Å². The van der Waals surface area contributed by atoms with Gasteiger partial charge in [-0.1, -0.05) is 41.9 Å². The minimum Gasteiger partial charge on any atom is -0.314 e. The van der Waals surface area contributed by atoms with E-state index in [1.807, 2.05) is 0 Å². The number of para-hydroxylation sites is 1. The van der Waals surface area contributed by atoms with E-state index in [4.69, 9.17) is 11.6 Å². The summed E-state index contributed by atoms with van der Waals surface area (Å²) in [6.07, 6.45) is 0. The van der Waals surface area contributed by atoms with Gasteiger partial charge in [-0.15, -0.1) is 0 Å². The molecule has 0 aliphatic rings. The quantitative estimate of drug-likeness (QED) is 0.465. The number of rotatable bonds is 5. The largest absolute Gasteiger partial charge is 0.332 e. The van der Waals surface area contributed by atoms with Crippen molar-refractivity contribution in [1.82, 2.24) is 9.13 Å². The topological polar surface area (TPSA) is 64.3 Å². The van der Waals surface area contributed by atoms with Crippen LogP contribution in [0.25, 0.3) is 10.9 Å². The Kier molecular flexibility index (Phi) is 5.92. The van der Waals surface area contributed by atoms with Crippen molar-refractivity contribution in [3.63, 3.8) is 0 Å². The molecule has 8 heteroatoms. The van der Waals surface area contributed by atoms with Gasteiger partial charge >= 0.3 is 5.69 Å². The molecule has 162 valence electrons. The maximum absolute atomic E-state index is 13.3. The lowest BCUT2D eigenvalue weighted by molar-refractivity contribution is -0.118. The van der Waals surface area contributed by atoms with Crippen molar-refractivity contribution >= 4 is 34.1 Å². The average molecular weight is 452 g/mol. The van der Waals surface area contributed by atoms with Crippen LogP contribution in [0.3, 0.4) is 0 Å². The molecule has 0 saturated heterocycles. The number of halogens is 2. The van der Waals surface area contributed by atoms with Gasteiger partial charge in [0.15, 0.2) is 0 Å². The highest BCUT2D eigenvalue weighted by Crippen LogP contribution is 2.19. The number of aromatic nitrogens is 2. The van der Waals surface area contributed by atoms with Gasteiger partial charge in [0.1, 0.15) is 12.4 Å². The molecule has 0 unspecified atom stereocenters. The number of nitrogens with zero attached hydrogens (tertiary/aromatic N) is 3. The van der Waals surface area contributed by atoms with E-state index in [-0.39, 0.29) is 19.0 Å². The second-order valence-electron chi connectivity index (χ2n) is 7.34. The zero-order chi connectivity index (χ0) is 22.8. The summed E-state index contributed by atoms with van der Waals surface area (Å²) >= 11 is 6.03. The molecule has 0 bridgehead atoms. The van der Waals surface area contributed by atoms with Crippen molar-refractivity contribution in [3.05, 3.63) is 110 Å². The second-order valence-corrected chi connectivity index (χ2v) is 7.77. The summed E-state index contributed by atoms with van der Waals surface area (Å²) in [5, 5.41) is 0.796. The highest BCUT2D eigenvalue weighted by atomic mass is 35.5. The van der Waals surface area contributed by atoms with E-state index in [9.17, 15) is 18.8 Å². The minimum atomic E-state index is -0.620. The van der Waals surface area contributed by atoms with Crippen LogP contribution in [0.1, 0.15) is 5.56 Å². The van der Waals surface area contributed by atoms with Crippen molar-refractivity contribution < 1.29 is 9.18 Å². The first-order valence-corrected chi connectivity index (χ1v) is 10.2. The molecule has 1 amide bonds. The van der Waals surface area contributed by atoms with E-state index in [0.717, 1.165) is 4.57 Å². The summed E-state index contributed by atoms with van der Waals surface area (Å²) in [4.78, 5) is 40.7. The third-order valence-electron chi connectivity index (χ3n) is 5.25. The van der Waals surface area contributed by atoms with Crippen molar-refractivity contribution in [3.8, 4) is 0 Å². The van der Waals surface area contributed by atoms with Crippen molar-refractivity contribution in [1.29, 1.82) is 0 Å². The Hall–Kier alpha value is -3.71. The van der Waals surface area contributed by atoms with Crippen LogP contribution in [-0.2, 0) is 17.9 Å². The van der Waals surface area contributed by atoms with Crippen LogP contribution in [0.4, 0.5) is 10.1 Å². The third-order valence-corrected chi connectivity index (χ3v) is 5.48. The monoisotopic (exact) mass is 451 g/mol. The molecular formula is C24H19ClFN3O3. The van der Waals surface area contributed by atoms with E-state index in [0.29, 0.717) is 27.2 Å². The predicted molar refractivity (Wildman–Crippen MR) is 123 cm³/mol. The van der Waals surface area contributed by atoms with E-state index in [1.165, 1.54) is 33.7 Å². The summed E-state index contributed by atoms with van der Waals surface area (Å²) in [5.41, 5.74) is 0.452. The van der Waals surface area contributed by atoms with Crippen LogP contribution in [0.15, 0.2) is 82.4 Å². The molecule has 0 spiro atoms. The third kappa shape index (κ3) is 4.20. The lowest BCUT2D eigenvalue weighted by atomic mass is 10.2. The fraction of sp³-hybridized carbons (Fsp3) is 0.125. The average Bonchev–Trinajstić information content (AvgIpc) is 2.80. The summed E-state index contributed by atoms with van der Waals surface area (Å²) < 4.78 is 15.6. The van der Waals surface area contributed by atoms with Gasteiger partial charge in [0.2, 0.25) is 5.91 Å². The van der Waals surface area contributed by atoms with Crippen LogP contribution in [0.5, 0.6) is 0 Å². The molecule has 1 heterocycles. The molecule has 0 radical (unpaired) electrons. The molecular weight excluding hydrogens is 433 g/mol. The summed E-state index contributed by atoms with van der Waals surface area (Å²) in [6, 6.07) is 19.0. The lowest BCUT2D eigenvalue weighted by Crippen LogP contribution is -2.43. The van der Waals surface area contributed by atoms with Crippen LogP contribution in [0, 0.1) is 5.82 Å². The van der Waals surface area contributed by atoms with Crippen molar-refractivity contribution in [2.75, 3.05) is 11.9 Å². The smallest absolute Gasteiger partial charge is 0.314 e. The van der Waals surface area contributed by atoms with Crippen LogP contribution >= 0.6 is 11.6 Å². The molecule has 0 fully saturated rings. The van der Waals surface area contributed by atoms with E-state index < -0.39 is 17.1 Å².